The highest BCUT2D eigenvalue weighted by atomic mass is 16.2. The Kier molecular flexibility index (Phi) is 4.19. The monoisotopic (exact) mass is 273 g/mol. The minimum absolute atomic E-state index is 0.132. The molecule has 1 aliphatic carbocycles. The van der Waals surface area contributed by atoms with E-state index in [0.717, 1.165) is 37.2 Å². The SMILES string of the molecule is O=C(c1cncc(NC2CCCC2)c1)N1CCCCC1. The van der Waals surface area contributed by atoms with Crippen LogP contribution in [0.5, 0.6) is 0 Å². The van der Waals surface area contributed by atoms with E-state index in [2.05, 4.69) is 10.3 Å². The molecule has 0 aromatic carbocycles. The van der Waals surface area contributed by atoms with Crippen LogP contribution in [0.1, 0.15) is 55.3 Å². The number of amides is 1. The Morgan fingerprint density at radius 1 is 1.10 bits per heavy atom. The molecule has 1 aliphatic heterocycles. The fraction of sp³-hybridized carbons (Fsp3) is 0.625. The van der Waals surface area contributed by atoms with Crippen LogP contribution in [0.3, 0.4) is 0 Å². The number of pyridine rings is 1. The van der Waals surface area contributed by atoms with Crippen LogP contribution < -0.4 is 5.32 Å². The van der Waals surface area contributed by atoms with Gasteiger partial charge < -0.3 is 10.2 Å². The summed E-state index contributed by atoms with van der Waals surface area (Å²) in [6.45, 7) is 1.78. The van der Waals surface area contributed by atoms with Crippen LogP contribution in [0.4, 0.5) is 5.69 Å². The number of piperidine rings is 1. The maximum absolute atomic E-state index is 12.4. The average molecular weight is 273 g/mol. The number of nitrogens with one attached hydrogen (secondary N) is 1. The maximum atomic E-state index is 12.4. The number of anilines is 1. The van der Waals surface area contributed by atoms with E-state index in [9.17, 15) is 4.79 Å². The van der Waals surface area contributed by atoms with Crippen molar-refractivity contribution >= 4 is 11.6 Å². The van der Waals surface area contributed by atoms with Gasteiger partial charge in [-0.05, 0) is 38.2 Å². The zero-order chi connectivity index (χ0) is 13.8. The van der Waals surface area contributed by atoms with E-state index in [1.807, 2.05) is 17.2 Å². The van der Waals surface area contributed by atoms with Gasteiger partial charge in [0.25, 0.3) is 5.91 Å². The Hall–Kier alpha value is -1.58. The van der Waals surface area contributed by atoms with Crippen LogP contribution >= 0.6 is 0 Å². The van der Waals surface area contributed by atoms with Crippen LogP contribution in [0.25, 0.3) is 0 Å². The second-order valence-corrected chi connectivity index (χ2v) is 5.94. The first-order valence-electron chi connectivity index (χ1n) is 7.84. The van der Waals surface area contributed by atoms with Crippen LogP contribution in [0.15, 0.2) is 18.5 Å². The molecule has 1 saturated carbocycles. The Morgan fingerprint density at radius 2 is 1.85 bits per heavy atom. The third-order valence-corrected chi connectivity index (χ3v) is 4.35. The Labute approximate surface area is 120 Å². The van der Waals surface area contributed by atoms with Gasteiger partial charge in [0.05, 0.1) is 11.3 Å². The van der Waals surface area contributed by atoms with Crippen molar-refractivity contribution in [2.24, 2.45) is 0 Å². The molecule has 2 heterocycles. The largest absolute Gasteiger partial charge is 0.381 e. The highest BCUT2D eigenvalue weighted by Crippen LogP contribution is 2.22. The summed E-state index contributed by atoms with van der Waals surface area (Å²) in [6.07, 6.45) is 12.1. The molecule has 4 heteroatoms. The molecule has 1 N–H and O–H groups in total. The van der Waals surface area contributed by atoms with E-state index in [-0.39, 0.29) is 5.91 Å². The van der Waals surface area contributed by atoms with E-state index in [0.29, 0.717) is 6.04 Å². The number of nitrogens with zero attached hydrogens (tertiary/aromatic N) is 2. The van der Waals surface area contributed by atoms with Gasteiger partial charge in [-0.2, -0.15) is 0 Å². The standard InChI is InChI=1S/C16H23N3O/c20-16(19-8-4-1-5-9-19)13-10-15(12-17-11-13)18-14-6-2-3-7-14/h10-12,14,18H,1-9H2. The second-order valence-electron chi connectivity index (χ2n) is 5.94. The van der Waals surface area contributed by atoms with Gasteiger partial charge in [0, 0.05) is 31.5 Å². The van der Waals surface area contributed by atoms with Crippen molar-refractivity contribution in [1.82, 2.24) is 9.88 Å². The zero-order valence-corrected chi connectivity index (χ0v) is 12.0. The summed E-state index contributed by atoms with van der Waals surface area (Å²) in [7, 11) is 0. The van der Waals surface area contributed by atoms with Gasteiger partial charge in [-0.25, -0.2) is 0 Å². The molecular formula is C16H23N3O. The zero-order valence-electron chi connectivity index (χ0n) is 12.0. The lowest BCUT2D eigenvalue weighted by atomic mass is 10.1. The number of rotatable bonds is 3. The van der Waals surface area contributed by atoms with Crippen molar-refractivity contribution in [2.75, 3.05) is 18.4 Å². The first-order valence-corrected chi connectivity index (χ1v) is 7.84. The molecule has 0 bridgehead atoms. The number of likely N-dealkylation sites (tertiary alicyclic amines) is 1. The molecule has 4 nitrogen and oxygen atoms in total. The molecular weight excluding hydrogens is 250 g/mol. The van der Waals surface area contributed by atoms with Crippen LogP contribution in [0.2, 0.25) is 0 Å². The molecule has 1 aromatic heterocycles. The van der Waals surface area contributed by atoms with E-state index in [1.54, 1.807) is 6.20 Å². The molecule has 2 fully saturated rings. The van der Waals surface area contributed by atoms with Gasteiger partial charge in [0.2, 0.25) is 0 Å². The van der Waals surface area contributed by atoms with Crippen LogP contribution in [-0.2, 0) is 0 Å². The molecule has 20 heavy (non-hydrogen) atoms. The van der Waals surface area contributed by atoms with Crippen molar-refractivity contribution in [3.63, 3.8) is 0 Å². The summed E-state index contributed by atoms with van der Waals surface area (Å²) >= 11 is 0. The fourth-order valence-corrected chi connectivity index (χ4v) is 3.22. The van der Waals surface area contributed by atoms with Crippen molar-refractivity contribution in [3.8, 4) is 0 Å². The third kappa shape index (κ3) is 3.11. The van der Waals surface area contributed by atoms with E-state index < -0.39 is 0 Å². The molecule has 3 rings (SSSR count). The number of aromatic nitrogens is 1. The molecule has 1 aromatic rings. The first-order chi connectivity index (χ1) is 9.83. The maximum Gasteiger partial charge on any atom is 0.255 e. The third-order valence-electron chi connectivity index (χ3n) is 4.35. The normalized spacial score (nSPS) is 20.1. The smallest absolute Gasteiger partial charge is 0.255 e. The van der Waals surface area contributed by atoms with Crippen LogP contribution in [0, 0.1) is 0 Å². The van der Waals surface area contributed by atoms with Gasteiger partial charge in [-0.15, -0.1) is 0 Å². The molecule has 108 valence electrons. The summed E-state index contributed by atoms with van der Waals surface area (Å²) in [5.74, 6) is 0.132. The Balaban J connectivity index is 1.67. The van der Waals surface area contributed by atoms with Gasteiger partial charge in [-0.3, -0.25) is 9.78 Å². The minimum Gasteiger partial charge on any atom is -0.381 e. The van der Waals surface area contributed by atoms with Crippen LogP contribution in [-0.4, -0.2) is 34.9 Å². The molecule has 0 spiro atoms. The van der Waals surface area contributed by atoms with Gasteiger partial charge in [0.1, 0.15) is 0 Å². The van der Waals surface area contributed by atoms with Crippen molar-refractivity contribution < 1.29 is 4.79 Å². The minimum atomic E-state index is 0.132. The lowest BCUT2D eigenvalue weighted by molar-refractivity contribution is 0.0724. The molecule has 1 saturated heterocycles. The summed E-state index contributed by atoms with van der Waals surface area (Å²) in [4.78, 5) is 18.6. The van der Waals surface area contributed by atoms with Gasteiger partial charge in [-0.1, -0.05) is 12.8 Å². The van der Waals surface area contributed by atoms with E-state index >= 15 is 0 Å². The number of hydrogen-bond acceptors (Lipinski definition) is 3. The summed E-state index contributed by atoms with van der Waals surface area (Å²) < 4.78 is 0. The van der Waals surface area contributed by atoms with Crippen molar-refractivity contribution in [2.45, 2.75) is 51.0 Å². The fourth-order valence-electron chi connectivity index (χ4n) is 3.22. The van der Waals surface area contributed by atoms with Gasteiger partial charge in [0.15, 0.2) is 0 Å². The van der Waals surface area contributed by atoms with E-state index in [4.69, 9.17) is 0 Å². The number of carbonyl (C=O) groups is 1. The molecule has 0 unspecified atom stereocenters. The Bertz CT molecular complexity index is 463. The highest BCUT2D eigenvalue weighted by molar-refractivity contribution is 5.94. The molecule has 0 radical (unpaired) electrons. The van der Waals surface area contributed by atoms with Gasteiger partial charge >= 0.3 is 0 Å². The second kappa shape index (κ2) is 6.25. The summed E-state index contributed by atoms with van der Waals surface area (Å²) in [6, 6.07) is 2.51. The summed E-state index contributed by atoms with van der Waals surface area (Å²) in [5.41, 5.74) is 1.70. The molecule has 1 amide bonds. The quantitative estimate of drug-likeness (QED) is 0.920. The predicted molar refractivity (Wildman–Crippen MR) is 79.9 cm³/mol. The Morgan fingerprint density at radius 3 is 2.60 bits per heavy atom. The topological polar surface area (TPSA) is 45.2 Å². The van der Waals surface area contributed by atoms with Crippen molar-refractivity contribution in [3.05, 3.63) is 24.0 Å². The first kappa shape index (κ1) is 13.4. The lowest BCUT2D eigenvalue weighted by Gasteiger charge is -2.26. The highest BCUT2D eigenvalue weighted by Gasteiger charge is 2.19. The molecule has 0 atom stereocenters. The number of carbonyl (C=O) groups excluding carboxylic acids is 1. The predicted octanol–water partition coefficient (Wildman–Crippen LogP) is 3.06. The summed E-state index contributed by atoms with van der Waals surface area (Å²) in [5, 5.41) is 3.51. The average Bonchev–Trinajstić information content (AvgIpc) is 3.01. The number of hydrogen-bond donors (Lipinski definition) is 1. The van der Waals surface area contributed by atoms with Crippen molar-refractivity contribution in [1.29, 1.82) is 0 Å². The molecule has 2 aliphatic rings. The lowest BCUT2D eigenvalue weighted by Crippen LogP contribution is -2.35. The van der Waals surface area contributed by atoms with E-state index in [1.165, 1.54) is 32.1 Å².